The van der Waals surface area contributed by atoms with Crippen molar-refractivity contribution in [2.75, 3.05) is 13.2 Å². The Kier molecular flexibility index (Phi) is 8.64. The van der Waals surface area contributed by atoms with E-state index in [9.17, 15) is 44.7 Å². The molecule has 2 amide bonds. The van der Waals surface area contributed by atoms with Crippen molar-refractivity contribution >= 4 is 11.8 Å². The lowest BCUT2D eigenvalue weighted by Crippen LogP contribution is -2.69. The Morgan fingerprint density at radius 1 is 0.714 bits per heavy atom. The largest absolute Gasteiger partial charge is 0.394 e. The number of rotatable bonds is 11. The highest BCUT2D eigenvalue weighted by Gasteiger charge is 2.84. The molecule has 0 unspecified atom stereocenters. The van der Waals surface area contributed by atoms with Crippen LogP contribution in [0.2, 0.25) is 0 Å². The zero-order valence-corrected chi connectivity index (χ0v) is 14.7. The highest BCUT2D eigenvalue weighted by atomic mass is 19.4. The summed E-state index contributed by atoms with van der Waals surface area (Å²) >= 11 is 0. The molecule has 0 aromatic heterocycles. The molecule has 0 saturated carbocycles. The molecule has 6 nitrogen and oxygen atoms in total. The molecule has 0 aromatic carbocycles. The van der Waals surface area contributed by atoms with Gasteiger partial charge in [-0.25, -0.2) is 0 Å². The SMILES string of the molecule is CC[C@H](CO)NC(=O)C(F)(F)C(F)(F)C(F)(F)C(F)(F)C(=O)N[C@H](CC)CO. The van der Waals surface area contributed by atoms with Gasteiger partial charge >= 0.3 is 23.7 Å². The smallest absolute Gasteiger partial charge is 0.392 e. The van der Waals surface area contributed by atoms with Gasteiger partial charge in [0, 0.05) is 0 Å². The number of hydrogen-bond acceptors (Lipinski definition) is 4. The number of aliphatic hydroxyl groups is 2. The van der Waals surface area contributed by atoms with Crippen LogP contribution < -0.4 is 10.6 Å². The standard InChI is InChI=1S/C14H20F8N2O4/c1-3-7(5-25)23-9(27)11(15,16)13(19,20)14(21,22)12(17,18)10(28)24-8(4-2)6-26/h7-8,25-26H,3-6H2,1-2H3,(H,23,27)(H,24,28)/t7-,8-/m1/s1. The van der Waals surface area contributed by atoms with E-state index in [1.54, 1.807) is 0 Å². The second-order valence-electron chi connectivity index (χ2n) is 5.82. The van der Waals surface area contributed by atoms with Gasteiger partial charge in [0.25, 0.3) is 11.8 Å². The van der Waals surface area contributed by atoms with Crippen LogP contribution in [0, 0.1) is 0 Å². The van der Waals surface area contributed by atoms with Crippen LogP contribution in [0.3, 0.4) is 0 Å². The summed E-state index contributed by atoms with van der Waals surface area (Å²) in [5.41, 5.74) is 0. The predicted molar refractivity (Wildman–Crippen MR) is 78.4 cm³/mol. The lowest BCUT2D eigenvalue weighted by Gasteiger charge is -2.36. The molecule has 0 spiro atoms. The highest BCUT2D eigenvalue weighted by molar-refractivity contribution is 5.87. The summed E-state index contributed by atoms with van der Waals surface area (Å²) in [4.78, 5) is 22.6. The Labute approximate surface area is 154 Å². The first-order chi connectivity index (χ1) is 12.6. The maximum Gasteiger partial charge on any atom is 0.392 e. The van der Waals surface area contributed by atoms with E-state index in [0.29, 0.717) is 0 Å². The molecule has 0 aliphatic rings. The minimum atomic E-state index is -6.99. The van der Waals surface area contributed by atoms with E-state index in [-0.39, 0.29) is 12.8 Å². The molecule has 0 rings (SSSR count). The maximum atomic E-state index is 13.7. The van der Waals surface area contributed by atoms with Gasteiger partial charge in [0.1, 0.15) is 0 Å². The van der Waals surface area contributed by atoms with Gasteiger partial charge in [0.2, 0.25) is 0 Å². The molecular weight excluding hydrogens is 412 g/mol. The van der Waals surface area contributed by atoms with Gasteiger partial charge in [0.15, 0.2) is 0 Å². The third kappa shape index (κ3) is 4.64. The Morgan fingerprint density at radius 2 is 0.964 bits per heavy atom. The molecule has 0 aliphatic heterocycles. The third-order valence-electron chi connectivity index (χ3n) is 3.85. The number of hydrogen-bond donors (Lipinski definition) is 4. The van der Waals surface area contributed by atoms with Gasteiger partial charge in [-0.15, -0.1) is 0 Å². The van der Waals surface area contributed by atoms with E-state index in [1.807, 2.05) is 0 Å². The van der Waals surface area contributed by atoms with Crippen molar-refractivity contribution in [3.63, 3.8) is 0 Å². The molecule has 0 bridgehead atoms. The van der Waals surface area contributed by atoms with Gasteiger partial charge in [-0.05, 0) is 12.8 Å². The van der Waals surface area contributed by atoms with Crippen molar-refractivity contribution < 1.29 is 54.9 Å². The van der Waals surface area contributed by atoms with Crippen LogP contribution in [0.15, 0.2) is 0 Å². The second kappa shape index (κ2) is 9.20. The minimum Gasteiger partial charge on any atom is -0.394 e. The number of alkyl halides is 8. The molecule has 0 radical (unpaired) electrons. The first-order valence-corrected chi connectivity index (χ1v) is 7.93. The van der Waals surface area contributed by atoms with E-state index < -0.39 is 60.8 Å². The number of amides is 2. The summed E-state index contributed by atoms with van der Waals surface area (Å²) in [6, 6.07) is -3.05. The van der Waals surface area contributed by atoms with Crippen molar-refractivity contribution in [2.45, 2.75) is 62.5 Å². The van der Waals surface area contributed by atoms with Gasteiger partial charge in [0.05, 0.1) is 25.3 Å². The molecule has 166 valence electrons. The van der Waals surface area contributed by atoms with E-state index in [0.717, 1.165) is 10.6 Å². The summed E-state index contributed by atoms with van der Waals surface area (Å²) in [6.45, 7) is 0.405. The zero-order valence-electron chi connectivity index (χ0n) is 14.7. The van der Waals surface area contributed by atoms with E-state index in [2.05, 4.69) is 0 Å². The summed E-state index contributed by atoms with van der Waals surface area (Å²) in [5, 5.41) is 19.8. The normalized spacial score (nSPS) is 15.7. The van der Waals surface area contributed by atoms with E-state index in [1.165, 1.54) is 13.8 Å². The summed E-state index contributed by atoms with van der Waals surface area (Å²) in [7, 11) is 0. The summed E-state index contributed by atoms with van der Waals surface area (Å²) in [6.07, 6.45) is -0.531. The summed E-state index contributed by atoms with van der Waals surface area (Å²) < 4.78 is 110. The monoisotopic (exact) mass is 432 g/mol. The lowest BCUT2D eigenvalue weighted by molar-refractivity contribution is -0.347. The third-order valence-corrected chi connectivity index (χ3v) is 3.85. The second-order valence-corrected chi connectivity index (χ2v) is 5.82. The fourth-order valence-electron chi connectivity index (χ4n) is 1.79. The molecular formula is C14H20F8N2O4. The zero-order chi connectivity index (χ0) is 22.6. The quantitative estimate of drug-likeness (QED) is 0.370. The molecule has 0 heterocycles. The van der Waals surface area contributed by atoms with Crippen molar-refractivity contribution in [3.8, 4) is 0 Å². The lowest BCUT2D eigenvalue weighted by atomic mass is 9.96. The molecule has 4 N–H and O–H groups in total. The van der Waals surface area contributed by atoms with Gasteiger partial charge in [-0.2, -0.15) is 35.1 Å². The Bertz CT molecular complexity index is 503. The molecule has 0 fully saturated rings. The Hall–Kier alpha value is -1.70. The van der Waals surface area contributed by atoms with Crippen LogP contribution >= 0.6 is 0 Å². The van der Waals surface area contributed by atoms with Gasteiger partial charge in [-0.3, -0.25) is 9.59 Å². The van der Waals surface area contributed by atoms with Crippen LogP contribution in [0.4, 0.5) is 35.1 Å². The van der Waals surface area contributed by atoms with Crippen molar-refractivity contribution in [3.05, 3.63) is 0 Å². The number of aliphatic hydroxyl groups excluding tert-OH is 2. The average Bonchev–Trinajstić information content (AvgIpc) is 2.62. The number of nitrogens with one attached hydrogen (secondary N) is 2. The predicted octanol–water partition coefficient (Wildman–Crippen LogP) is 1.30. The fourth-order valence-corrected chi connectivity index (χ4v) is 1.79. The molecule has 0 aliphatic carbocycles. The molecule has 14 heteroatoms. The minimum absolute atomic E-state index is 0.265. The van der Waals surface area contributed by atoms with E-state index >= 15 is 0 Å². The van der Waals surface area contributed by atoms with E-state index in [4.69, 9.17) is 10.2 Å². The van der Waals surface area contributed by atoms with Crippen LogP contribution in [0.1, 0.15) is 26.7 Å². The van der Waals surface area contributed by atoms with Crippen LogP contribution in [0.5, 0.6) is 0 Å². The number of halogens is 8. The molecule has 2 atom stereocenters. The van der Waals surface area contributed by atoms with Crippen molar-refractivity contribution in [1.82, 2.24) is 10.6 Å². The Morgan fingerprint density at radius 3 is 1.14 bits per heavy atom. The van der Waals surface area contributed by atoms with Crippen molar-refractivity contribution in [1.29, 1.82) is 0 Å². The first kappa shape index (κ1) is 26.3. The molecule has 0 saturated heterocycles. The summed E-state index contributed by atoms with van der Waals surface area (Å²) in [5.74, 6) is -32.8. The first-order valence-electron chi connectivity index (χ1n) is 7.93. The van der Waals surface area contributed by atoms with Crippen LogP contribution in [0.25, 0.3) is 0 Å². The molecule has 28 heavy (non-hydrogen) atoms. The number of carbonyl (C=O) groups excluding carboxylic acids is 2. The topological polar surface area (TPSA) is 98.7 Å². The number of carbonyl (C=O) groups is 2. The maximum absolute atomic E-state index is 13.7. The van der Waals surface area contributed by atoms with Gasteiger partial charge < -0.3 is 20.8 Å². The highest BCUT2D eigenvalue weighted by Crippen LogP contribution is 2.52. The van der Waals surface area contributed by atoms with Crippen molar-refractivity contribution in [2.24, 2.45) is 0 Å². The fraction of sp³-hybridized carbons (Fsp3) is 0.857. The van der Waals surface area contributed by atoms with Gasteiger partial charge in [-0.1, -0.05) is 13.8 Å². The average molecular weight is 432 g/mol. The molecule has 0 aromatic rings. The Balaban J connectivity index is 5.86. The van der Waals surface area contributed by atoms with Crippen LogP contribution in [-0.4, -0.2) is 71.0 Å². The van der Waals surface area contributed by atoms with Crippen LogP contribution in [-0.2, 0) is 9.59 Å².